The topological polar surface area (TPSA) is 46.2 Å². The molecule has 3 heteroatoms. The van der Waals surface area contributed by atoms with E-state index in [4.69, 9.17) is 0 Å². The molecule has 0 aliphatic heterocycles. The molecule has 0 heterocycles. The van der Waals surface area contributed by atoms with Crippen LogP contribution in [0, 0.1) is 23.7 Å². The molecule has 3 rings (SSSR count). The molecule has 0 aromatic heterocycles. The van der Waals surface area contributed by atoms with Crippen LogP contribution in [-0.2, 0) is 9.59 Å². The van der Waals surface area contributed by atoms with Gasteiger partial charge in [0.15, 0.2) is 0 Å². The Hall–Kier alpha value is -1.12. The molecule has 0 bridgehead atoms. The van der Waals surface area contributed by atoms with E-state index in [0.29, 0.717) is 30.1 Å². The predicted octanol–water partition coefficient (Wildman–Crippen LogP) is 2.85. The van der Waals surface area contributed by atoms with Crippen molar-refractivity contribution in [3.05, 3.63) is 11.6 Å². The lowest BCUT2D eigenvalue weighted by Crippen LogP contribution is -2.35. The number of carbonyl (C=O) groups is 2. The van der Waals surface area contributed by atoms with Crippen molar-refractivity contribution in [3.8, 4) is 0 Å². The van der Waals surface area contributed by atoms with E-state index in [2.05, 4.69) is 25.2 Å². The Balaban J connectivity index is 1.73. The minimum atomic E-state index is 0.105. The first-order valence-electron chi connectivity index (χ1n) is 8.19. The summed E-state index contributed by atoms with van der Waals surface area (Å²) in [6.45, 7) is 4.32. The predicted molar refractivity (Wildman–Crippen MR) is 78.0 cm³/mol. The van der Waals surface area contributed by atoms with Gasteiger partial charge in [-0.2, -0.15) is 0 Å². The van der Waals surface area contributed by atoms with Gasteiger partial charge in [-0.05, 0) is 43.4 Å². The van der Waals surface area contributed by atoms with Crippen molar-refractivity contribution in [2.45, 2.75) is 58.4 Å². The molecule has 0 spiro atoms. The molecule has 5 atom stereocenters. The van der Waals surface area contributed by atoms with Crippen molar-refractivity contribution in [2.24, 2.45) is 23.7 Å². The second-order valence-electron chi connectivity index (χ2n) is 6.73. The maximum absolute atomic E-state index is 12.5. The first kappa shape index (κ1) is 13.8. The molecule has 1 amide bonds. The summed E-state index contributed by atoms with van der Waals surface area (Å²) in [6, 6.07) is 0.381. The van der Waals surface area contributed by atoms with Crippen LogP contribution in [-0.4, -0.2) is 17.7 Å². The van der Waals surface area contributed by atoms with Gasteiger partial charge in [-0.15, -0.1) is 0 Å². The number of Topliss-reactive ketones (excluding diaryl/α,β-unsaturated/α-hetero) is 1. The Labute approximate surface area is 121 Å². The van der Waals surface area contributed by atoms with Crippen LogP contribution in [0.3, 0.4) is 0 Å². The molecule has 2 saturated carbocycles. The third-order valence-electron chi connectivity index (χ3n) is 5.52. The van der Waals surface area contributed by atoms with E-state index in [1.54, 1.807) is 0 Å². The minimum absolute atomic E-state index is 0.105. The van der Waals surface area contributed by atoms with Gasteiger partial charge in [0, 0.05) is 24.0 Å². The van der Waals surface area contributed by atoms with Gasteiger partial charge in [-0.3, -0.25) is 9.59 Å². The fraction of sp³-hybridized carbons (Fsp3) is 0.765. The van der Waals surface area contributed by atoms with Crippen LogP contribution < -0.4 is 5.32 Å². The first-order chi connectivity index (χ1) is 9.63. The zero-order valence-electron chi connectivity index (χ0n) is 12.5. The maximum Gasteiger partial charge on any atom is 0.247 e. The second kappa shape index (κ2) is 5.34. The number of hydrogen-bond donors (Lipinski definition) is 1. The van der Waals surface area contributed by atoms with Crippen LogP contribution in [0.2, 0.25) is 0 Å². The molecule has 0 aromatic rings. The normalized spacial score (nSPS) is 39.2. The highest BCUT2D eigenvalue weighted by Crippen LogP contribution is 2.44. The fourth-order valence-electron chi connectivity index (χ4n) is 4.00. The number of ketones is 1. The number of hydrogen-bond acceptors (Lipinski definition) is 2. The van der Waals surface area contributed by atoms with Crippen molar-refractivity contribution in [3.63, 3.8) is 0 Å². The molecule has 2 fully saturated rings. The smallest absolute Gasteiger partial charge is 0.247 e. The maximum atomic E-state index is 12.5. The minimum Gasteiger partial charge on any atom is -0.349 e. The van der Waals surface area contributed by atoms with E-state index in [0.717, 1.165) is 37.7 Å². The third-order valence-corrected chi connectivity index (χ3v) is 5.52. The lowest BCUT2D eigenvalue weighted by molar-refractivity contribution is -0.122. The summed E-state index contributed by atoms with van der Waals surface area (Å²) in [4.78, 5) is 24.5. The molecule has 0 aromatic carbocycles. The molecule has 3 nitrogen and oxygen atoms in total. The number of rotatable bonds is 4. The van der Waals surface area contributed by atoms with Crippen molar-refractivity contribution < 1.29 is 9.59 Å². The van der Waals surface area contributed by atoms with E-state index in [9.17, 15) is 9.59 Å². The summed E-state index contributed by atoms with van der Waals surface area (Å²) in [5.41, 5.74) is 0.917. The molecular weight excluding hydrogens is 250 g/mol. The molecule has 0 radical (unpaired) electrons. The van der Waals surface area contributed by atoms with E-state index in [-0.39, 0.29) is 17.7 Å². The van der Waals surface area contributed by atoms with Crippen molar-refractivity contribution in [1.82, 2.24) is 5.32 Å². The molecule has 1 N–H and O–H groups in total. The largest absolute Gasteiger partial charge is 0.349 e. The fourth-order valence-corrected chi connectivity index (χ4v) is 4.00. The molecule has 0 saturated heterocycles. The number of allylic oxidation sites excluding steroid dienone is 1. The third kappa shape index (κ3) is 2.43. The lowest BCUT2D eigenvalue weighted by atomic mass is 9.75. The zero-order valence-corrected chi connectivity index (χ0v) is 12.5. The zero-order chi connectivity index (χ0) is 14.3. The number of carbonyl (C=O) groups excluding carboxylic acids is 2. The van der Waals surface area contributed by atoms with Gasteiger partial charge in [-0.1, -0.05) is 26.3 Å². The van der Waals surface area contributed by atoms with Gasteiger partial charge in [0.25, 0.3) is 0 Å². The van der Waals surface area contributed by atoms with Crippen molar-refractivity contribution in [2.75, 3.05) is 0 Å². The summed E-state index contributed by atoms with van der Waals surface area (Å²) in [5, 5.41) is 3.18. The van der Waals surface area contributed by atoms with Crippen LogP contribution >= 0.6 is 0 Å². The van der Waals surface area contributed by atoms with Gasteiger partial charge < -0.3 is 5.32 Å². The molecule has 0 unspecified atom stereocenters. The monoisotopic (exact) mass is 275 g/mol. The highest BCUT2D eigenvalue weighted by atomic mass is 16.2. The average molecular weight is 275 g/mol. The Morgan fingerprint density at radius 1 is 1.25 bits per heavy atom. The molecular formula is C17H25NO2. The summed E-state index contributed by atoms with van der Waals surface area (Å²) >= 11 is 0. The molecule has 110 valence electrons. The Morgan fingerprint density at radius 2 is 2.05 bits per heavy atom. The van der Waals surface area contributed by atoms with Crippen LogP contribution in [0.15, 0.2) is 11.6 Å². The number of amides is 1. The van der Waals surface area contributed by atoms with Gasteiger partial charge in [0.05, 0.1) is 0 Å². The van der Waals surface area contributed by atoms with E-state index >= 15 is 0 Å². The van der Waals surface area contributed by atoms with Crippen molar-refractivity contribution >= 4 is 11.7 Å². The summed E-state index contributed by atoms with van der Waals surface area (Å²) in [6.07, 6.45) is 7.95. The van der Waals surface area contributed by atoms with E-state index in [1.165, 1.54) is 0 Å². The Morgan fingerprint density at radius 3 is 2.70 bits per heavy atom. The number of nitrogens with one attached hydrogen (secondary N) is 1. The number of fused-ring (bicyclic) bond motifs is 1. The summed E-state index contributed by atoms with van der Waals surface area (Å²) in [7, 11) is 0. The van der Waals surface area contributed by atoms with Gasteiger partial charge in [0.1, 0.15) is 5.78 Å². The quantitative estimate of drug-likeness (QED) is 0.857. The summed E-state index contributed by atoms with van der Waals surface area (Å²) in [5.74, 6) is 1.88. The van der Waals surface area contributed by atoms with Crippen LogP contribution in [0.4, 0.5) is 0 Å². The second-order valence-corrected chi connectivity index (χ2v) is 6.73. The van der Waals surface area contributed by atoms with E-state index < -0.39 is 0 Å². The average Bonchev–Trinajstić information content (AvgIpc) is 3.11. The molecule has 20 heavy (non-hydrogen) atoms. The van der Waals surface area contributed by atoms with Crippen LogP contribution in [0.5, 0.6) is 0 Å². The van der Waals surface area contributed by atoms with Gasteiger partial charge >= 0.3 is 0 Å². The van der Waals surface area contributed by atoms with Crippen LogP contribution in [0.1, 0.15) is 52.4 Å². The standard InChI is InChI=1S/C17H25NO2/c1-3-10-7-13-12(5-6-16(13)19)14(8-10)17(20)18-15-9-11(15)4-2/h8,10-13,15H,3-7,9H2,1-2H3,(H,18,20)/t10-,11+,12+,13+,15+/m1/s1. The lowest BCUT2D eigenvalue weighted by Gasteiger charge is -2.30. The molecule has 3 aliphatic rings. The highest BCUT2D eigenvalue weighted by molar-refractivity contribution is 5.97. The first-order valence-corrected chi connectivity index (χ1v) is 8.19. The van der Waals surface area contributed by atoms with Gasteiger partial charge in [-0.25, -0.2) is 0 Å². The van der Waals surface area contributed by atoms with E-state index in [1.807, 2.05) is 0 Å². The van der Waals surface area contributed by atoms with Gasteiger partial charge in [0.2, 0.25) is 5.91 Å². The van der Waals surface area contributed by atoms with Crippen LogP contribution in [0.25, 0.3) is 0 Å². The Bertz CT molecular complexity index is 454. The SMILES string of the molecule is CC[C@H]1C=C(C(=O)N[C@H]2C[C@@H]2CC)[C@H]2CCC(=O)[C@H]2C1. The molecule has 3 aliphatic carbocycles. The Kier molecular flexibility index (Phi) is 3.70. The summed E-state index contributed by atoms with van der Waals surface area (Å²) < 4.78 is 0. The van der Waals surface area contributed by atoms with Crippen molar-refractivity contribution in [1.29, 1.82) is 0 Å². The highest BCUT2D eigenvalue weighted by Gasteiger charge is 2.44.